The first-order chi connectivity index (χ1) is 9.87. The van der Waals surface area contributed by atoms with Gasteiger partial charge in [0.25, 0.3) is 0 Å². The van der Waals surface area contributed by atoms with E-state index in [-0.39, 0.29) is 11.5 Å². The minimum absolute atomic E-state index is 0.271. The van der Waals surface area contributed by atoms with Gasteiger partial charge in [-0.05, 0) is 36.2 Å². The van der Waals surface area contributed by atoms with Gasteiger partial charge in [0.2, 0.25) is 0 Å². The van der Waals surface area contributed by atoms with Crippen LogP contribution in [0.2, 0.25) is 0 Å². The van der Waals surface area contributed by atoms with E-state index in [1.54, 1.807) is 18.2 Å². The van der Waals surface area contributed by atoms with Crippen molar-refractivity contribution >= 4 is 15.9 Å². The van der Waals surface area contributed by atoms with Gasteiger partial charge in [0.15, 0.2) is 0 Å². The summed E-state index contributed by atoms with van der Waals surface area (Å²) < 4.78 is 46.8. The SMILES string of the molecule is CCc1ccc(Oc2cccc(OC(F)(F)F)c2)cc1Br. The Balaban J connectivity index is 2.16. The molecule has 0 radical (unpaired) electrons. The van der Waals surface area contributed by atoms with E-state index in [2.05, 4.69) is 20.7 Å². The molecule has 2 aromatic rings. The van der Waals surface area contributed by atoms with Gasteiger partial charge in [0, 0.05) is 10.5 Å². The van der Waals surface area contributed by atoms with E-state index >= 15 is 0 Å². The van der Waals surface area contributed by atoms with Gasteiger partial charge in [-0.1, -0.05) is 35.0 Å². The third-order valence-corrected chi connectivity index (χ3v) is 3.42. The second kappa shape index (κ2) is 6.39. The van der Waals surface area contributed by atoms with Gasteiger partial charge < -0.3 is 9.47 Å². The fraction of sp³-hybridized carbons (Fsp3) is 0.200. The van der Waals surface area contributed by atoms with Gasteiger partial charge in [0.05, 0.1) is 0 Å². The Kier molecular flexibility index (Phi) is 4.77. The van der Waals surface area contributed by atoms with Crippen LogP contribution in [0.1, 0.15) is 12.5 Å². The molecule has 0 aliphatic rings. The molecule has 0 aliphatic carbocycles. The van der Waals surface area contributed by atoms with Crippen molar-refractivity contribution in [3.63, 3.8) is 0 Å². The van der Waals surface area contributed by atoms with Crippen LogP contribution in [0.15, 0.2) is 46.9 Å². The smallest absolute Gasteiger partial charge is 0.457 e. The predicted octanol–water partition coefficient (Wildman–Crippen LogP) is 5.70. The van der Waals surface area contributed by atoms with E-state index in [9.17, 15) is 13.2 Å². The highest BCUT2D eigenvalue weighted by atomic mass is 79.9. The zero-order valence-electron chi connectivity index (χ0n) is 11.1. The summed E-state index contributed by atoms with van der Waals surface area (Å²) in [5, 5.41) is 0. The molecule has 0 saturated heterocycles. The van der Waals surface area contributed by atoms with Crippen LogP contribution in [0.5, 0.6) is 17.2 Å². The van der Waals surface area contributed by atoms with E-state index in [1.165, 1.54) is 18.2 Å². The molecule has 0 amide bonds. The van der Waals surface area contributed by atoms with Crippen molar-refractivity contribution in [2.24, 2.45) is 0 Å². The second-order valence-corrected chi connectivity index (χ2v) is 5.09. The first-order valence-electron chi connectivity index (χ1n) is 6.19. The summed E-state index contributed by atoms with van der Waals surface area (Å²) in [5.74, 6) is 0.486. The molecule has 0 spiro atoms. The van der Waals surface area contributed by atoms with Crippen molar-refractivity contribution in [3.8, 4) is 17.2 Å². The van der Waals surface area contributed by atoms with E-state index < -0.39 is 6.36 Å². The maximum atomic E-state index is 12.2. The lowest BCUT2D eigenvalue weighted by molar-refractivity contribution is -0.274. The fourth-order valence-corrected chi connectivity index (χ4v) is 2.39. The fourth-order valence-electron chi connectivity index (χ4n) is 1.75. The van der Waals surface area contributed by atoms with Crippen molar-refractivity contribution in [2.45, 2.75) is 19.7 Å². The molecule has 2 rings (SSSR count). The van der Waals surface area contributed by atoms with Crippen molar-refractivity contribution in [2.75, 3.05) is 0 Å². The number of hydrogen-bond donors (Lipinski definition) is 0. The molecule has 0 N–H and O–H groups in total. The molecule has 0 unspecified atom stereocenters. The van der Waals surface area contributed by atoms with Gasteiger partial charge in [0.1, 0.15) is 17.2 Å². The Morgan fingerprint density at radius 1 is 1.00 bits per heavy atom. The molecular weight excluding hydrogens is 349 g/mol. The van der Waals surface area contributed by atoms with Gasteiger partial charge >= 0.3 is 6.36 Å². The largest absolute Gasteiger partial charge is 0.573 e. The Labute approximate surface area is 128 Å². The van der Waals surface area contributed by atoms with Crippen molar-refractivity contribution < 1.29 is 22.6 Å². The summed E-state index contributed by atoms with van der Waals surface area (Å²) in [6.45, 7) is 2.03. The van der Waals surface area contributed by atoms with Gasteiger partial charge in [-0.15, -0.1) is 13.2 Å². The molecule has 0 bridgehead atoms. The van der Waals surface area contributed by atoms with Gasteiger partial charge in [-0.2, -0.15) is 0 Å². The molecule has 0 fully saturated rings. The Morgan fingerprint density at radius 3 is 2.29 bits per heavy atom. The highest BCUT2D eigenvalue weighted by Crippen LogP contribution is 2.30. The molecule has 0 saturated carbocycles. The van der Waals surface area contributed by atoms with Crippen LogP contribution in [-0.4, -0.2) is 6.36 Å². The molecule has 6 heteroatoms. The first kappa shape index (κ1) is 15.7. The zero-order chi connectivity index (χ0) is 15.5. The van der Waals surface area contributed by atoms with Crippen molar-refractivity contribution in [1.29, 1.82) is 0 Å². The third kappa shape index (κ3) is 4.67. The molecule has 0 aromatic heterocycles. The lowest BCUT2D eigenvalue weighted by Gasteiger charge is -2.11. The molecule has 0 atom stereocenters. The van der Waals surface area contributed by atoms with E-state index in [1.807, 2.05) is 13.0 Å². The normalized spacial score (nSPS) is 11.3. The lowest BCUT2D eigenvalue weighted by Crippen LogP contribution is -2.16. The summed E-state index contributed by atoms with van der Waals surface area (Å²) >= 11 is 3.42. The van der Waals surface area contributed by atoms with Crippen LogP contribution in [0.4, 0.5) is 13.2 Å². The van der Waals surface area contributed by atoms with Crippen LogP contribution in [0.25, 0.3) is 0 Å². The monoisotopic (exact) mass is 360 g/mol. The minimum Gasteiger partial charge on any atom is -0.457 e. The number of hydrogen-bond acceptors (Lipinski definition) is 2. The zero-order valence-corrected chi connectivity index (χ0v) is 12.7. The maximum Gasteiger partial charge on any atom is 0.573 e. The average Bonchev–Trinajstić information content (AvgIpc) is 2.37. The number of aryl methyl sites for hydroxylation is 1. The summed E-state index contributed by atoms with van der Waals surface area (Å²) in [6.07, 6.45) is -3.85. The molecule has 0 aliphatic heterocycles. The van der Waals surface area contributed by atoms with Crippen LogP contribution < -0.4 is 9.47 Å². The molecule has 21 heavy (non-hydrogen) atoms. The molecule has 2 nitrogen and oxygen atoms in total. The maximum absolute atomic E-state index is 12.2. The molecule has 2 aromatic carbocycles. The van der Waals surface area contributed by atoms with Crippen LogP contribution in [0.3, 0.4) is 0 Å². The number of rotatable bonds is 4. The number of ether oxygens (including phenoxy) is 2. The highest BCUT2D eigenvalue weighted by molar-refractivity contribution is 9.10. The summed E-state index contributed by atoms with van der Waals surface area (Å²) in [7, 11) is 0. The van der Waals surface area contributed by atoms with Crippen LogP contribution in [-0.2, 0) is 6.42 Å². The van der Waals surface area contributed by atoms with E-state index in [4.69, 9.17) is 4.74 Å². The summed E-state index contributed by atoms with van der Waals surface area (Å²) in [4.78, 5) is 0. The molecule has 112 valence electrons. The topological polar surface area (TPSA) is 18.5 Å². The molecular formula is C15H12BrF3O2. The summed E-state index contributed by atoms with van der Waals surface area (Å²) in [5.41, 5.74) is 1.12. The van der Waals surface area contributed by atoms with Crippen LogP contribution in [0, 0.1) is 0 Å². The highest BCUT2D eigenvalue weighted by Gasteiger charge is 2.31. The number of alkyl halides is 3. The van der Waals surface area contributed by atoms with Crippen molar-refractivity contribution in [3.05, 3.63) is 52.5 Å². The average molecular weight is 361 g/mol. The standard InChI is InChI=1S/C15H12BrF3O2/c1-2-10-6-7-12(9-14(10)16)20-11-4-3-5-13(8-11)21-15(17,18)19/h3-9H,2H2,1H3. The van der Waals surface area contributed by atoms with Gasteiger partial charge in [-0.3, -0.25) is 0 Å². The molecule has 0 heterocycles. The van der Waals surface area contributed by atoms with E-state index in [0.717, 1.165) is 16.5 Å². The minimum atomic E-state index is -4.72. The Hall–Kier alpha value is -1.69. The number of halogens is 4. The number of benzene rings is 2. The van der Waals surface area contributed by atoms with Crippen molar-refractivity contribution in [1.82, 2.24) is 0 Å². The summed E-state index contributed by atoms with van der Waals surface area (Å²) in [6, 6.07) is 10.8. The lowest BCUT2D eigenvalue weighted by atomic mass is 10.2. The first-order valence-corrected chi connectivity index (χ1v) is 6.99. The quantitative estimate of drug-likeness (QED) is 0.695. The second-order valence-electron chi connectivity index (χ2n) is 4.23. The Morgan fingerprint density at radius 2 is 1.67 bits per heavy atom. The van der Waals surface area contributed by atoms with Crippen LogP contribution >= 0.6 is 15.9 Å². The Bertz CT molecular complexity index is 627. The van der Waals surface area contributed by atoms with Gasteiger partial charge in [-0.25, -0.2) is 0 Å². The predicted molar refractivity (Wildman–Crippen MR) is 76.7 cm³/mol. The van der Waals surface area contributed by atoms with E-state index in [0.29, 0.717) is 5.75 Å². The third-order valence-electron chi connectivity index (χ3n) is 2.68.